The first-order valence-corrected chi connectivity index (χ1v) is 6.00. The van der Waals surface area contributed by atoms with Gasteiger partial charge in [-0.05, 0) is 11.6 Å². The number of carbonyl (C=O) groups excluding carboxylic acids is 1. The molecule has 0 aliphatic carbocycles. The van der Waals surface area contributed by atoms with Crippen LogP contribution in [0.15, 0.2) is 24.3 Å². The molecule has 1 unspecified atom stereocenters. The van der Waals surface area contributed by atoms with Gasteiger partial charge in [-0.1, -0.05) is 18.2 Å². The van der Waals surface area contributed by atoms with Gasteiger partial charge in [0.25, 0.3) is 5.91 Å². The van der Waals surface area contributed by atoms with Crippen molar-refractivity contribution >= 4 is 11.9 Å². The van der Waals surface area contributed by atoms with E-state index in [-0.39, 0.29) is 13.0 Å². The molecule has 3 N–H and O–H groups in total. The molecular formula is C13H15NO5. The number of ether oxygens (including phenoxy) is 1. The Morgan fingerprint density at radius 3 is 2.79 bits per heavy atom. The van der Waals surface area contributed by atoms with Gasteiger partial charge in [-0.2, -0.15) is 0 Å². The van der Waals surface area contributed by atoms with Crippen molar-refractivity contribution in [2.24, 2.45) is 0 Å². The van der Waals surface area contributed by atoms with Crippen LogP contribution >= 0.6 is 0 Å². The summed E-state index contributed by atoms with van der Waals surface area (Å²) in [7, 11) is 0. The third-order valence-corrected chi connectivity index (χ3v) is 2.97. The van der Waals surface area contributed by atoms with E-state index in [0.717, 1.165) is 5.56 Å². The highest BCUT2D eigenvalue weighted by molar-refractivity contribution is 5.87. The minimum Gasteiger partial charge on any atom is -0.480 e. The zero-order valence-corrected chi connectivity index (χ0v) is 10.2. The van der Waals surface area contributed by atoms with Crippen molar-refractivity contribution in [2.75, 3.05) is 6.61 Å². The van der Waals surface area contributed by atoms with Gasteiger partial charge in [0.1, 0.15) is 11.8 Å². The smallest absolute Gasteiger partial charge is 0.326 e. The molecule has 0 aromatic heterocycles. The third-order valence-electron chi connectivity index (χ3n) is 2.97. The predicted molar refractivity (Wildman–Crippen MR) is 65.8 cm³/mol. The Bertz CT molecular complexity index is 463. The van der Waals surface area contributed by atoms with Gasteiger partial charge in [0.15, 0.2) is 6.10 Å². The highest BCUT2D eigenvalue weighted by Gasteiger charge is 2.31. The number of carbonyl (C=O) groups is 2. The van der Waals surface area contributed by atoms with Crippen molar-refractivity contribution in [3.05, 3.63) is 29.8 Å². The van der Waals surface area contributed by atoms with Crippen LogP contribution in [0, 0.1) is 0 Å². The summed E-state index contributed by atoms with van der Waals surface area (Å²) in [6, 6.07) is 6.21. The van der Waals surface area contributed by atoms with Crippen molar-refractivity contribution < 1.29 is 24.5 Å². The van der Waals surface area contributed by atoms with E-state index in [1.807, 2.05) is 18.2 Å². The lowest BCUT2D eigenvalue weighted by Crippen LogP contribution is -2.47. The van der Waals surface area contributed by atoms with E-state index >= 15 is 0 Å². The first-order valence-electron chi connectivity index (χ1n) is 6.00. The molecule has 1 aliphatic rings. The Hall–Kier alpha value is -2.08. The van der Waals surface area contributed by atoms with Crippen LogP contribution in [-0.2, 0) is 16.0 Å². The number of hydrogen-bond acceptors (Lipinski definition) is 4. The standard InChI is InChI=1S/C13H15NO5/c15-6-5-9(13(17)18)14-12(16)11-7-8-3-1-2-4-10(8)19-11/h1-4,9,11,15H,5-7H2,(H,14,16)(H,17,18)/t9-,11?/m1/s1. The number of hydrogen-bond donors (Lipinski definition) is 3. The first kappa shape index (κ1) is 13.4. The molecule has 6 nitrogen and oxygen atoms in total. The number of carboxylic acid groups (broad SMARTS) is 1. The summed E-state index contributed by atoms with van der Waals surface area (Å²) in [6.07, 6.45) is -0.313. The Kier molecular flexibility index (Phi) is 4.01. The van der Waals surface area contributed by atoms with Crippen LogP contribution in [0.2, 0.25) is 0 Å². The molecule has 19 heavy (non-hydrogen) atoms. The second-order valence-electron chi connectivity index (χ2n) is 4.33. The fourth-order valence-corrected chi connectivity index (χ4v) is 1.98. The van der Waals surface area contributed by atoms with E-state index in [4.69, 9.17) is 14.9 Å². The van der Waals surface area contributed by atoms with Gasteiger partial charge in [-0.15, -0.1) is 0 Å². The molecule has 2 atom stereocenters. The number of para-hydroxylation sites is 1. The second kappa shape index (κ2) is 5.71. The van der Waals surface area contributed by atoms with Crippen molar-refractivity contribution in [1.29, 1.82) is 0 Å². The summed E-state index contributed by atoms with van der Waals surface area (Å²) in [4.78, 5) is 22.8. The van der Waals surface area contributed by atoms with E-state index in [1.54, 1.807) is 6.07 Å². The normalized spacial score (nSPS) is 18.3. The van der Waals surface area contributed by atoms with Crippen LogP contribution in [0.25, 0.3) is 0 Å². The van der Waals surface area contributed by atoms with Crippen LogP contribution in [0.3, 0.4) is 0 Å². The maximum absolute atomic E-state index is 11.9. The van der Waals surface area contributed by atoms with Crippen molar-refractivity contribution in [1.82, 2.24) is 5.32 Å². The zero-order chi connectivity index (χ0) is 13.8. The number of aliphatic hydroxyl groups is 1. The maximum Gasteiger partial charge on any atom is 0.326 e. The highest BCUT2D eigenvalue weighted by Crippen LogP contribution is 2.28. The van der Waals surface area contributed by atoms with Gasteiger partial charge in [0.2, 0.25) is 0 Å². The molecule has 2 rings (SSSR count). The van der Waals surface area contributed by atoms with E-state index in [9.17, 15) is 9.59 Å². The number of benzene rings is 1. The molecule has 102 valence electrons. The number of fused-ring (bicyclic) bond motifs is 1. The topological polar surface area (TPSA) is 95.9 Å². The van der Waals surface area contributed by atoms with Crippen molar-refractivity contribution in [2.45, 2.75) is 25.0 Å². The highest BCUT2D eigenvalue weighted by atomic mass is 16.5. The average molecular weight is 265 g/mol. The van der Waals surface area contributed by atoms with E-state index in [2.05, 4.69) is 5.32 Å². The van der Waals surface area contributed by atoms with E-state index in [0.29, 0.717) is 12.2 Å². The molecule has 6 heteroatoms. The van der Waals surface area contributed by atoms with Gasteiger partial charge in [0, 0.05) is 19.4 Å². The molecule has 0 bridgehead atoms. The molecular weight excluding hydrogens is 250 g/mol. The Labute approximate surface area is 110 Å². The third kappa shape index (κ3) is 3.03. The summed E-state index contributed by atoms with van der Waals surface area (Å²) in [5, 5.41) is 20.0. The van der Waals surface area contributed by atoms with Gasteiger partial charge in [0.05, 0.1) is 0 Å². The molecule has 0 fully saturated rings. The lowest BCUT2D eigenvalue weighted by molar-refractivity contribution is -0.143. The first-order chi connectivity index (χ1) is 9.11. The number of carboxylic acids is 1. The van der Waals surface area contributed by atoms with Gasteiger partial charge >= 0.3 is 5.97 Å². The Balaban J connectivity index is 1.97. The van der Waals surface area contributed by atoms with Crippen molar-refractivity contribution in [3.8, 4) is 5.75 Å². The molecule has 1 aromatic carbocycles. The van der Waals surface area contributed by atoms with Crippen molar-refractivity contribution in [3.63, 3.8) is 0 Å². The van der Waals surface area contributed by atoms with Crippen LogP contribution in [0.1, 0.15) is 12.0 Å². The number of rotatable bonds is 5. The fourth-order valence-electron chi connectivity index (χ4n) is 1.98. The molecule has 1 aromatic rings. The summed E-state index contributed by atoms with van der Waals surface area (Å²) in [5.41, 5.74) is 0.927. The maximum atomic E-state index is 11.9. The Morgan fingerprint density at radius 1 is 1.42 bits per heavy atom. The van der Waals surface area contributed by atoms with E-state index < -0.39 is 24.0 Å². The SMILES string of the molecule is O=C(N[C@H](CCO)C(=O)O)C1Cc2ccccc2O1. The van der Waals surface area contributed by atoms with Gasteiger partial charge < -0.3 is 20.3 Å². The molecule has 0 spiro atoms. The summed E-state index contributed by atoms with van der Waals surface area (Å²) in [6.45, 7) is -0.303. The van der Waals surface area contributed by atoms with Crippen LogP contribution < -0.4 is 10.1 Å². The van der Waals surface area contributed by atoms with Crippen LogP contribution in [0.5, 0.6) is 5.75 Å². The second-order valence-corrected chi connectivity index (χ2v) is 4.33. The lowest BCUT2D eigenvalue weighted by atomic mass is 10.1. The number of amides is 1. The van der Waals surface area contributed by atoms with Gasteiger partial charge in [-0.25, -0.2) is 4.79 Å². The average Bonchev–Trinajstić information content (AvgIpc) is 2.81. The zero-order valence-electron chi connectivity index (χ0n) is 10.2. The predicted octanol–water partition coefficient (Wildman–Crippen LogP) is -0.0581. The van der Waals surface area contributed by atoms with Gasteiger partial charge in [-0.3, -0.25) is 4.79 Å². The molecule has 0 saturated carbocycles. The lowest BCUT2D eigenvalue weighted by Gasteiger charge is -2.16. The molecule has 1 amide bonds. The molecule has 0 saturated heterocycles. The van der Waals surface area contributed by atoms with Crippen LogP contribution in [-0.4, -0.2) is 40.8 Å². The van der Waals surface area contributed by atoms with Crippen LogP contribution in [0.4, 0.5) is 0 Å². The molecule has 1 aliphatic heterocycles. The summed E-state index contributed by atoms with van der Waals surface area (Å²) in [5.74, 6) is -0.994. The fraction of sp³-hybridized carbons (Fsp3) is 0.385. The summed E-state index contributed by atoms with van der Waals surface area (Å²) >= 11 is 0. The van der Waals surface area contributed by atoms with E-state index in [1.165, 1.54) is 0 Å². The Morgan fingerprint density at radius 2 is 2.16 bits per heavy atom. The largest absolute Gasteiger partial charge is 0.480 e. The molecule has 1 heterocycles. The number of aliphatic carboxylic acids is 1. The molecule has 0 radical (unpaired) electrons. The monoisotopic (exact) mass is 265 g/mol. The summed E-state index contributed by atoms with van der Waals surface area (Å²) < 4.78 is 5.46. The number of nitrogens with one attached hydrogen (secondary N) is 1. The minimum absolute atomic E-state index is 0.0270. The quantitative estimate of drug-likeness (QED) is 0.693. The minimum atomic E-state index is -1.17. The number of aliphatic hydroxyl groups excluding tert-OH is 1.